The molecule has 0 radical (unpaired) electrons. The van der Waals surface area contributed by atoms with Crippen LogP contribution >= 0.6 is 12.4 Å². The van der Waals surface area contributed by atoms with E-state index < -0.39 is 15.8 Å². The number of sulfonamides is 1. The van der Waals surface area contributed by atoms with E-state index in [9.17, 15) is 17.6 Å². The number of carbonyl (C=O) groups excluding carboxylic acids is 1. The van der Waals surface area contributed by atoms with Crippen molar-refractivity contribution in [2.75, 3.05) is 17.8 Å². The average Bonchev–Trinajstić information content (AvgIpc) is 3.09. The first kappa shape index (κ1) is 21.1. The molecule has 6 nitrogen and oxygen atoms in total. The van der Waals surface area contributed by atoms with Crippen molar-refractivity contribution < 1.29 is 17.6 Å². The minimum absolute atomic E-state index is 0. The molecule has 3 N–H and O–H groups in total. The van der Waals surface area contributed by atoms with Crippen LogP contribution < -0.4 is 15.4 Å². The highest BCUT2D eigenvalue weighted by Gasteiger charge is 2.17. The van der Waals surface area contributed by atoms with Gasteiger partial charge >= 0.3 is 0 Å². The summed E-state index contributed by atoms with van der Waals surface area (Å²) in [6.07, 6.45) is 1.16. The van der Waals surface area contributed by atoms with E-state index in [0.29, 0.717) is 5.69 Å². The smallest absolute Gasteiger partial charge is 0.261 e. The van der Waals surface area contributed by atoms with E-state index in [4.69, 9.17) is 0 Å². The fourth-order valence-electron chi connectivity index (χ4n) is 2.76. The molecule has 1 amide bonds. The normalized spacial score (nSPS) is 16.4. The Labute approximate surface area is 164 Å². The lowest BCUT2D eigenvalue weighted by atomic mass is 10.1. The largest absolute Gasteiger partial charge is 0.352 e. The molecule has 1 unspecified atom stereocenters. The minimum atomic E-state index is -3.78. The summed E-state index contributed by atoms with van der Waals surface area (Å²) in [4.78, 5) is 12.0. The van der Waals surface area contributed by atoms with E-state index in [1.165, 1.54) is 12.1 Å². The molecule has 1 saturated heterocycles. The Bertz CT molecular complexity index is 868. The number of hydrogen-bond donors (Lipinski definition) is 3. The van der Waals surface area contributed by atoms with Gasteiger partial charge in [-0.25, -0.2) is 12.8 Å². The molecule has 1 aliphatic rings. The monoisotopic (exact) mass is 413 g/mol. The number of halogens is 2. The van der Waals surface area contributed by atoms with Crippen LogP contribution in [0.1, 0.15) is 12.0 Å². The Kier molecular flexibility index (Phi) is 7.18. The highest BCUT2D eigenvalue weighted by molar-refractivity contribution is 7.92. The van der Waals surface area contributed by atoms with Gasteiger partial charge in [0.1, 0.15) is 5.82 Å². The molecule has 0 bridgehead atoms. The van der Waals surface area contributed by atoms with Crippen LogP contribution in [0.3, 0.4) is 0 Å². The first-order valence-corrected chi connectivity index (χ1v) is 9.78. The second-order valence-electron chi connectivity index (χ2n) is 6.19. The summed E-state index contributed by atoms with van der Waals surface area (Å²) >= 11 is 0. The lowest BCUT2D eigenvalue weighted by Crippen LogP contribution is -2.37. The molecule has 1 atom stereocenters. The van der Waals surface area contributed by atoms with Crippen LogP contribution in [0.4, 0.5) is 10.1 Å². The molecule has 27 heavy (non-hydrogen) atoms. The lowest BCUT2D eigenvalue weighted by Gasteiger charge is -2.12. The number of amides is 1. The first-order chi connectivity index (χ1) is 12.4. The molecule has 0 aromatic heterocycles. The Morgan fingerprint density at radius 3 is 2.37 bits per heavy atom. The number of hydrogen-bond acceptors (Lipinski definition) is 4. The molecule has 0 aliphatic carbocycles. The Morgan fingerprint density at radius 2 is 1.78 bits per heavy atom. The van der Waals surface area contributed by atoms with Crippen molar-refractivity contribution in [1.82, 2.24) is 10.6 Å². The Hall–Kier alpha value is -2.16. The van der Waals surface area contributed by atoms with Gasteiger partial charge in [0.15, 0.2) is 0 Å². The predicted octanol–water partition coefficient (Wildman–Crippen LogP) is 2.07. The van der Waals surface area contributed by atoms with Crippen LogP contribution in [0.5, 0.6) is 0 Å². The van der Waals surface area contributed by atoms with Crippen LogP contribution in [-0.4, -0.2) is 33.5 Å². The molecule has 0 saturated carbocycles. The summed E-state index contributed by atoms with van der Waals surface area (Å²) in [5.41, 5.74) is 1.16. The van der Waals surface area contributed by atoms with Crippen LogP contribution in [0.25, 0.3) is 0 Å². The molecule has 1 aliphatic heterocycles. The van der Waals surface area contributed by atoms with Crippen molar-refractivity contribution in [1.29, 1.82) is 0 Å². The van der Waals surface area contributed by atoms with Crippen molar-refractivity contribution in [3.8, 4) is 0 Å². The van der Waals surface area contributed by atoms with Crippen molar-refractivity contribution in [2.45, 2.75) is 23.8 Å². The van der Waals surface area contributed by atoms with Crippen molar-refractivity contribution in [3.05, 3.63) is 59.9 Å². The lowest BCUT2D eigenvalue weighted by molar-refractivity contribution is -0.121. The molecular formula is C18H21ClFN3O3S. The van der Waals surface area contributed by atoms with Crippen molar-refractivity contribution >= 4 is 34.0 Å². The number of nitrogens with one attached hydrogen (secondary N) is 3. The van der Waals surface area contributed by atoms with Gasteiger partial charge in [-0.15, -0.1) is 12.4 Å². The van der Waals surface area contributed by atoms with Gasteiger partial charge in [0.25, 0.3) is 10.0 Å². The second kappa shape index (κ2) is 9.16. The van der Waals surface area contributed by atoms with Gasteiger partial charge in [-0.3, -0.25) is 9.52 Å². The maximum atomic E-state index is 12.9. The zero-order valence-corrected chi connectivity index (χ0v) is 16.1. The summed E-state index contributed by atoms with van der Waals surface area (Å²) in [5, 5.41) is 6.15. The molecule has 146 valence electrons. The van der Waals surface area contributed by atoms with E-state index in [1.807, 2.05) is 0 Å². The van der Waals surface area contributed by atoms with Crippen LogP contribution in [0.2, 0.25) is 0 Å². The fraction of sp³-hybridized carbons (Fsp3) is 0.278. The third-order valence-corrected chi connectivity index (χ3v) is 5.52. The summed E-state index contributed by atoms with van der Waals surface area (Å²) in [5.74, 6) is -0.557. The maximum absolute atomic E-state index is 12.9. The highest BCUT2D eigenvalue weighted by atomic mass is 35.5. The molecule has 1 fully saturated rings. The van der Waals surface area contributed by atoms with Crippen molar-refractivity contribution in [2.24, 2.45) is 0 Å². The molecule has 9 heteroatoms. The van der Waals surface area contributed by atoms with Crippen molar-refractivity contribution in [3.63, 3.8) is 0 Å². The molecule has 2 aromatic carbocycles. The van der Waals surface area contributed by atoms with E-state index in [0.717, 1.165) is 37.2 Å². The van der Waals surface area contributed by atoms with E-state index in [-0.39, 0.29) is 35.7 Å². The van der Waals surface area contributed by atoms with Gasteiger partial charge in [0, 0.05) is 18.3 Å². The van der Waals surface area contributed by atoms with E-state index in [1.54, 1.807) is 24.3 Å². The number of anilines is 1. The van der Waals surface area contributed by atoms with Gasteiger partial charge in [-0.1, -0.05) is 12.1 Å². The third kappa shape index (κ3) is 5.92. The second-order valence-corrected chi connectivity index (χ2v) is 7.87. The average molecular weight is 414 g/mol. The summed E-state index contributed by atoms with van der Waals surface area (Å²) in [6, 6.07) is 11.4. The van der Waals surface area contributed by atoms with E-state index in [2.05, 4.69) is 15.4 Å². The molecular weight excluding hydrogens is 393 g/mol. The Balaban J connectivity index is 0.00000261. The molecule has 1 heterocycles. The highest BCUT2D eigenvalue weighted by Crippen LogP contribution is 2.17. The zero-order chi connectivity index (χ0) is 18.6. The maximum Gasteiger partial charge on any atom is 0.261 e. The van der Waals surface area contributed by atoms with Gasteiger partial charge in [0.05, 0.1) is 11.3 Å². The summed E-state index contributed by atoms with van der Waals surface area (Å²) in [6.45, 7) is 1.70. The Morgan fingerprint density at radius 1 is 1.11 bits per heavy atom. The van der Waals surface area contributed by atoms with E-state index >= 15 is 0 Å². The van der Waals surface area contributed by atoms with Gasteiger partial charge < -0.3 is 10.6 Å². The molecule has 2 aromatic rings. The van der Waals surface area contributed by atoms with Crippen LogP contribution in [0, 0.1) is 5.82 Å². The number of carbonyl (C=O) groups is 1. The first-order valence-electron chi connectivity index (χ1n) is 8.30. The molecule has 3 rings (SSSR count). The van der Waals surface area contributed by atoms with Crippen LogP contribution in [-0.2, 0) is 21.2 Å². The standard InChI is InChI=1S/C18H20FN3O3S.ClH/c19-14-3-7-17(8-4-14)26(24,25)22-15-5-1-13(2-6-15)11-18(23)21-16-9-10-20-12-16;/h1-8,16,20,22H,9-12H2,(H,21,23);1H. The third-order valence-electron chi connectivity index (χ3n) is 4.12. The van der Waals surface area contributed by atoms with Gasteiger partial charge in [-0.05, 0) is 54.9 Å². The quantitative estimate of drug-likeness (QED) is 0.676. The summed E-state index contributed by atoms with van der Waals surface area (Å²) < 4.78 is 39.9. The number of rotatable bonds is 6. The number of benzene rings is 2. The van der Waals surface area contributed by atoms with Gasteiger partial charge in [-0.2, -0.15) is 0 Å². The zero-order valence-electron chi connectivity index (χ0n) is 14.4. The fourth-order valence-corrected chi connectivity index (χ4v) is 3.82. The predicted molar refractivity (Wildman–Crippen MR) is 104 cm³/mol. The minimum Gasteiger partial charge on any atom is -0.352 e. The molecule has 0 spiro atoms. The van der Waals surface area contributed by atoms with Gasteiger partial charge in [0.2, 0.25) is 5.91 Å². The summed E-state index contributed by atoms with van der Waals surface area (Å²) in [7, 11) is -3.78. The van der Waals surface area contributed by atoms with Crippen LogP contribution in [0.15, 0.2) is 53.4 Å². The topological polar surface area (TPSA) is 87.3 Å². The SMILES string of the molecule is Cl.O=C(Cc1ccc(NS(=O)(=O)c2ccc(F)cc2)cc1)NC1CCNC1.